The summed E-state index contributed by atoms with van der Waals surface area (Å²) in [6.45, 7) is 2.82. The molecule has 1 fully saturated rings. The minimum absolute atomic E-state index is 0. The first-order valence-electron chi connectivity index (χ1n) is 15.5. The van der Waals surface area contributed by atoms with E-state index in [1.54, 1.807) is 0 Å². The second-order valence-corrected chi connectivity index (χ2v) is 14.7. The van der Waals surface area contributed by atoms with Crippen LogP contribution in [0.15, 0.2) is 0 Å². The predicted octanol–water partition coefficient (Wildman–Crippen LogP) is -12.9. The van der Waals surface area contributed by atoms with E-state index >= 15 is 0 Å². The quantitative estimate of drug-likeness (QED) is 0.0292. The summed E-state index contributed by atoms with van der Waals surface area (Å²) < 4.78 is 64.5. The van der Waals surface area contributed by atoms with E-state index in [0.717, 1.165) is 70.6 Å². The molecule has 50 heavy (non-hydrogen) atoms. The van der Waals surface area contributed by atoms with Gasteiger partial charge in [-0.25, -0.2) is 4.57 Å². The van der Waals surface area contributed by atoms with Gasteiger partial charge in [0.1, 0.15) is 42.7 Å². The first kappa shape index (κ1) is 60.8. The Kier molecular flexibility index (Phi) is 40.1. The Morgan fingerprint density at radius 2 is 1.02 bits per heavy atom. The molecule has 0 aromatic carbocycles. The Morgan fingerprint density at radius 3 is 1.46 bits per heavy atom. The van der Waals surface area contributed by atoms with Crippen LogP contribution < -0.4 is 144 Å². The molecule has 0 spiro atoms. The van der Waals surface area contributed by atoms with Crippen LogP contribution in [0.5, 0.6) is 0 Å². The van der Waals surface area contributed by atoms with Crippen LogP contribution in [0, 0.1) is 0 Å². The van der Waals surface area contributed by atoms with Gasteiger partial charge in [0.2, 0.25) is 0 Å². The van der Waals surface area contributed by atoms with Crippen molar-refractivity contribution in [3.8, 4) is 0 Å². The van der Waals surface area contributed by atoms with Gasteiger partial charge in [-0.2, -0.15) is 0 Å². The largest absolute Gasteiger partial charge is 1.00 e. The smallest absolute Gasteiger partial charge is 0.790 e. The zero-order chi connectivity index (χ0) is 34.8. The Balaban J connectivity index is -0.00000264. The van der Waals surface area contributed by atoms with E-state index in [4.69, 9.17) is 24.3 Å². The van der Waals surface area contributed by atoms with Gasteiger partial charge in [0.15, 0.2) is 0 Å². The zero-order valence-electron chi connectivity index (χ0n) is 30.1. The van der Waals surface area contributed by atoms with E-state index in [-0.39, 0.29) is 131 Å². The summed E-state index contributed by atoms with van der Waals surface area (Å²) in [5.41, 5.74) is 5.49. The molecule has 1 aliphatic carbocycles. The van der Waals surface area contributed by atoms with Crippen LogP contribution in [0.4, 0.5) is 0 Å². The minimum atomic E-state index is -5.99. The Morgan fingerprint density at radius 1 is 0.620 bits per heavy atom. The third-order valence-corrected chi connectivity index (χ3v) is 9.09. The Bertz CT molecular complexity index is 935. The third kappa shape index (κ3) is 28.5. The van der Waals surface area contributed by atoms with Crippen molar-refractivity contribution in [2.75, 3.05) is 33.0 Å². The summed E-state index contributed by atoms with van der Waals surface area (Å²) in [7, 11) is -17.3. The van der Waals surface area contributed by atoms with Crippen molar-refractivity contribution in [2.24, 2.45) is 5.73 Å². The second kappa shape index (κ2) is 33.0. The van der Waals surface area contributed by atoms with Crippen molar-refractivity contribution in [1.82, 2.24) is 0 Å². The molecule has 3 unspecified atom stereocenters. The SMILES string of the molecule is CCCCCCCCO[C@H](COCCCCCCCCN)COP(=O)(O)OC1[C@H](O)[C@H](OP(=O)([O-])[O-])C(O)[C@H](OP(=O)([O-])[O-])[C@H]1O.[Na+].[Na+].[Na+].[Na+]. The average Bonchev–Trinajstić information content (AvgIpc) is 2.96. The molecule has 8 atom stereocenters. The number of unbranched alkanes of at least 4 members (excludes halogenated alkanes) is 10. The second-order valence-electron chi connectivity index (χ2n) is 11.1. The third-order valence-electron chi connectivity index (χ3n) is 7.10. The van der Waals surface area contributed by atoms with Crippen LogP contribution >= 0.6 is 23.5 Å². The fourth-order valence-corrected chi connectivity index (χ4v) is 6.82. The van der Waals surface area contributed by atoms with Crippen LogP contribution in [0.25, 0.3) is 0 Å². The molecule has 0 saturated heterocycles. The summed E-state index contributed by atoms with van der Waals surface area (Å²) in [5, 5.41) is 31.2. The summed E-state index contributed by atoms with van der Waals surface area (Å²) in [5.74, 6) is 0. The van der Waals surface area contributed by atoms with Gasteiger partial charge >= 0.3 is 126 Å². The van der Waals surface area contributed by atoms with Crippen LogP contribution in [0.3, 0.4) is 0 Å². The zero-order valence-corrected chi connectivity index (χ0v) is 40.8. The van der Waals surface area contributed by atoms with E-state index in [2.05, 4.69) is 16.0 Å². The van der Waals surface area contributed by atoms with Crippen LogP contribution in [0.1, 0.15) is 84.0 Å². The summed E-state index contributed by atoms with van der Waals surface area (Å²) in [6.07, 6.45) is -4.36. The van der Waals surface area contributed by atoms with Crippen molar-refractivity contribution in [3.05, 3.63) is 0 Å². The van der Waals surface area contributed by atoms with Gasteiger partial charge in [-0.3, -0.25) is 9.05 Å². The Labute approximate surface area is 383 Å². The molecule has 18 nitrogen and oxygen atoms in total. The van der Waals surface area contributed by atoms with Crippen molar-refractivity contribution in [3.63, 3.8) is 0 Å². The molecule has 6 N–H and O–H groups in total. The molecule has 0 aromatic rings. The van der Waals surface area contributed by atoms with Crippen molar-refractivity contribution in [1.29, 1.82) is 0 Å². The molecule has 0 aliphatic heterocycles. The molecular weight excluding hydrogens is 771 g/mol. The molecule has 0 bridgehead atoms. The molecule has 1 rings (SSSR count). The van der Waals surface area contributed by atoms with Crippen LogP contribution in [-0.4, -0.2) is 95.9 Å². The maximum atomic E-state index is 12.8. The first-order valence-corrected chi connectivity index (χ1v) is 19.9. The fraction of sp³-hybridized carbons (Fsp3) is 1.00. The molecule has 0 aromatic heterocycles. The van der Waals surface area contributed by atoms with Gasteiger partial charge in [-0.15, -0.1) is 0 Å². The minimum Gasteiger partial charge on any atom is -0.790 e. The van der Waals surface area contributed by atoms with E-state index in [0.29, 0.717) is 19.6 Å². The van der Waals surface area contributed by atoms with Gasteiger partial charge in [0, 0.05) is 13.2 Å². The molecule has 25 heteroatoms. The summed E-state index contributed by atoms with van der Waals surface area (Å²) >= 11 is 0. The number of phosphoric ester groups is 3. The number of aliphatic hydroxyl groups excluding tert-OH is 3. The van der Waals surface area contributed by atoms with Crippen molar-refractivity contribution >= 4 is 23.5 Å². The molecule has 1 aliphatic rings. The maximum absolute atomic E-state index is 12.8. The van der Waals surface area contributed by atoms with Crippen molar-refractivity contribution < 1.29 is 199 Å². The molecule has 0 amide bonds. The first-order chi connectivity index (χ1) is 21.5. The number of hydrogen-bond acceptors (Lipinski definition) is 17. The van der Waals surface area contributed by atoms with Crippen LogP contribution in [0.2, 0.25) is 0 Å². The number of nitrogens with two attached hydrogens (primary N) is 1. The van der Waals surface area contributed by atoms with Gasteiger partial charge in [-0.05, 0) is 25.8 Å². The number of hydrogen-bond donors (Lipinski definition) is 5. The number of phosphoric acid groups is 3. The number of ether oxygens (including phenoxy) is 2. The van der Waals surface area contributed by atoms with E-state index in [1.165, 1.54) is 0 Å². The number of aliphatic hydroxyl groups is 3. The van der Waals surface area contributed by atoms with Gasteiger partial charge in [0.05, 0.1) is 28.9 Å². The van der Waals surface area contributed by atoms with E-state index in [9.17, 15) is 53.5 Å². The number of rotatable bonds is 27. The Hall–Kier alpha value is 4.09. The molecule has 276 valence electrons. The van der Waals surface area contributed by atoms with E-state index in [1.807, 2.05) is 0 Å². The summed E-state index contributed by atoms with van der Waals surface area (Å²) in [6, 6.07) is 0. The molecule has 1 saturated carbocycles. The maximum Gasteiger partial charge on any atom is 1.00 e. The van der Waals surface area contributed by atoms with Crippen molar-refractivity contribution in [2.45, 2.75) is 127 Å². The predicted molar refractivity (Wildman–Crippen MR) is 154 cm³/mol. The molecule has 0 heterocycles. The average molecular weight is 822 g/mol. The monoisotopic (exact) mass is 821 g/mol. The van der Waals surface area contributed by atoms with Gasteiger partial charge in [-0.1, -0.05) is 64.7 Å². The van der Waals surface area contributed by atoms with Crippen LogP contribution in [-0.2, 0) is 41.3 Å². The molecule has 0 radical (unpaired) electrons. The standard InChI is InChI=1S/C25H54NO17P3.4Na/c1-2-3-4-5-10-13-16-39-19(17-38-15-12-9-7-6-8-11-14-26)18-40-46(36,37)43-25-21(28)23(41-44(30,31)32)20(27)24(22(25)29)42-45(33,34)35;;;;/h19-25,27-29H,2-18,26H2,1H3,(H,36,37)(H2,30,31,32)(H2,33,34,35);;;;/q;4*+1/p-4/t19-,20?,21-,22-,23-,24+,25?;;;;/m1..../s1. The molecular formula is C25H50NNa4O17P3. The summed E-state index contributed by atoms with van der Waals surface area (Å²) in [4.78, 5) is 55.0. The van der Waals surface area contributed by atoms with Gasteiger partial charge in [0.25, 0.3) is 0 Å². The van der Waals surface area contributed by atoms with Gasteiger partial charge < -0.3 is 73.2 Å². The van der Waals surface area contributed by atoms with E-state index < -0.39 is 72.8 Å². The fourth-order valence-electron chi connectivity index (χ4n) is 4.75. The topological polar surface area (TPSA) is 306 Å². The normalized spacial score (nSPS) is 24.1.